The molecule has 2 aromatic rings. The number of carbonyl (C=O) groups is 1. The largest absolute Gasteiger partial charge is 0.356 e. The van der Waals surface area contributed by atoms with Crippen LogP contribution in [0.4, 0.5) is 10.1 Å². The average Bonchev–Trinajstić information content (AvgIpc) is 2.66. The van der Waals surface area contributed by atoms with Gasteiger partial charge >= 0.3 is 0 Å². The molecular formula is C20H18ClFN2O3. The van der Waals surface area contributed by atoms with E-state index in [4.69, 9.17) is 21.1 Å². The summed E-state index contributed by atoms with van der Waals surface area (Å²) < 4.78 is 25.4. The maximum Gasteiger partial charge on any atom is 0.249 e. The molecule has 0 spiro atoms. The zero-order chi connectivity index (χ0) is 19.0. The molecule has 0 aliphatic carbocycles. The highest BCUT2D eigenvalue weighted by atomic mass is 35.5. The third-order valence-electron chi connectivity index (χ3n) is 4.77. The molecule has 1 saturated heterocycles. The first-order valence-corrected chi connectivity index (χ1v) is 8.92. The van der Waals surface area contributed by atoms with E-state index in [1.807, 2.05) is 36.4 Å². The van der Waals surface area contributed by atoms with Gasteiger partial charge in [0, 0.05) is 18.6 Å². The quantitative estimate of drug-likeness (QED) is 0.866. The van der Waals surface area contributed by atoms with Gasteiger partial charge in [0.2, 0.25) is 5.91 Å². The van der Waals surface area contributed by atoms with Crippen molar-refractivity contribution in [1.82, 2.24) is 5.43 Å². The van der Waals surface area contributed by atoms with Crippen LogP contribution in [0.15, 0.2) is 60.3 Å². The van der Waals surface area contributed by atoms with Crippen molar-refractivity contribution in [3.8, 4) is 0 Å². The van der Waals surface area contributed by atoms with Gasteiger partial charge < -0.3 is 9.47 Å². The summed E-state index contributed by atoms with van der Waals surface area (Å²) in [7, 11) is 1.57. The summed E-state index contributed by atoms with van der Waals surface area (Å²) in [6.07, 6.45) is 2.06. The number of anilines is 1. The van der Waals surface area contributed by atoms with Crippen molar-refractivity contribution in [2.24, 2.45) is 0 Å². The summed E-state index contributed by atoms with van der Waals surface area (Å²) in [5.74, 6) is -0.783. The minimum atomic E-state index is -0.981. The Labute approximate surface area is 161 Å². The second kappa shape index (κ2) is 6.96. The second-order valence-electron chi connectivity index (χ2n) is 6.48. The first-order chi connectivity index (χ1) is 13.0. The van der Waals surface area contributed by atoms with E-state index in [1.54, 1.807) is 7.11 Å². The molecule has 7 heteroatoms. The molecule has 1 N–H and O–H groups in total. The van der Waals surface area contributed by atoms with E-state index in [-0.39, 0.29) is 17.4 Å². The number of benzene rings is 2. The lowest BCUT2D eigenvalue weighted by Crippen LogP contribution is -2.58. The molecule has 1 amide bonds. The van der Waals surface area contributed by atoms with Gasteiger partial charge in [0.25, 0.3) is 0 Å². The molecule has 140 valence electrons. The Kier molecular flexibility index (Phi) is 4.63. The predicted molar refractivity (Wildman–Crippen MR) is 99.4 cm³/mol. The van der Waals surface area contributed by atoms with Crippen LogP contribution in [-0.2, 0) is 19.9 Å². The Bertz CT molecular complexity index is 885. The number of rotatable bonds is 3. The van der Waals surface area contributed by atoms with Crippen LogP contribution in [-0.4, -0.2) is 19.3 Å². The number of fused-ring (bicyclic) bond motifs is 1. The average molecular weight is 389 g/mol. The molecule has 0 bridgehead atoms. The molecule has 2 atom stereocenters. The lowest BCUT2D eigenvalue weighted by Gasteiger charge is -2.47. The van der Waals surface area contributed by atoms with Gasteiger partial charge in [0.05, 0.1) is 17.8 Å². The van der Waals surface area contributed by atoms with E-state index in [2.05, 4.69) is 5.43 Å². The van der Waals surface area contributed by atoms with Gasteiger partial charge in [-0.25, -0.2) is 9.40 Å². The van der Waals surface area contributed by atoms with Crippen LogP contribution in [0.25, 0.3) is 0 Å². The lowest BCUT2D eigenvalue weighted by atomic mass is 9.83. The van der Waals surface area contributed by atoms with Crippen molar-refractivity contribution in [2.75, 3.05) is 12.1 Å². The summed E-state index contributed by atoms with van der Waals surface area (Å²) in [6.45, 7) is 0. The smallest absolute Gasteiger partial charge is 0.249 e. The minimum absolute atomic E-state index is 0.0455. The zero-order valence-electron chi connectivity index (χ0n) is 14.6. The zero-order valence-corrected chi connectivity index (χ0v) is 15.4. The van der Waals surface area contributed by atoms with Crippen LogP contribution in [0.1, 0.15) is 18.4 Å². The molecule has 1 fully saturated rings. The highest BCUT2D eigenvalue weighted by molar-refractivity contribution is 6.31. The predicted octanol–water partition coefficient (Wildman–Crippen LogP) is 3.89. The van der Waals surface area contributed by atoms with Gasteiger partial charge in [0.15, 0.2) is 6.29 Å². The number of amides is 1. The highest BCUT2D eigenvalue weighted by Crippen LogP contribution is 2.44. The molecule has 4 rings (SSSR count). The maximum atomic E-state index is 13.8. The van der Waals surface area contributed by atoms with Crippen molar-refractivity contribution in [3.63, 3.8) is 0 Å². The van der Waals surface area contributed by atoms with Gasteiger partial charge in [-0.3, -0.25) is 10.2 Å². The van der Waals surface area contributed by atoms with Crippen molar-refractivity contribution >= 4 is 23.2 Å². The molecule has 5 nitrogen and oxygen atoms in total. The van der Waals surface area contributed by atoms with Crippen LogP contribution in [0.5, 0.6) is 0 Å². The maximum absolute atomic E-state index is 13.8. The van der Waals surface area contributed by atoms with Gasteiger partial charge in [-0.15, -0.1) is 0 Å². The Morgan fingerprint density at radius 1 is 1.30 bits per heavy atom. The van der Waals surface area contributed by atoms with Crippen LogP contribution in [0.2, 0.25) is 5.02 Å². The number of halogens is 2. The number of hydrogen-bond acceptors (Lipinski definition) is 4. The molecule has 0 unspecified atom stereocenters. The lowest BCUT2D eigenvalue weighted by molar-refractivity contribution is -0.204. The van der Waals surface area contributed by atoms with Crippen molar-refractivity contribution in [1.29, 1.82) is 0 Å². The topological polar surface area (TPSA) is 50.8 Å². The number of carbonyl (C=O) groups excluding carboxylic acids is 1. The number of methoxy groups -OCH3 is 1. The molecule has 2 aliphatic heterocycles. The van der Waals surface area contributed by atoms with Crippen LogP contribution in [0, 0.1) is 5.82 Å². The number of hydrogen-bond donors (Lipinski definition) is 1. The Balaban J connectivity index is 1.76. The Hall–Kier alpha value is -2.41. The van der Waals surface area contributed by atoms with E-state index in [1.165, 1.54) is 23.2 Å². The van der Waals surface area contributed by atoms with Crippen LogP contribution in [0.3, 0.4) is 0 Å². The standard InChI is InChI=1S/C20H18ClFN2O3/c1-26-19-8-7-17-20(27-19,13-5-3-2-4-6-13)12-18(25)24(23-17)16-10-14(21)9-15(22)11-16/h2-7,9-11,19,23H,8,12H2,1H3/t19-,20+/m0/s1. The van der Waals surface area contributed by atoms with Crippen LogP contribution >= 0.6 is 11.6 Å². The van der Waals surface area contributed by atoms with Gasteiger partial charge in [-0.2, -0.15) is 0 Å². The summed E-state index contributed by atoms with van der Waals surface area (Å²) in [5.41, 5.74) is 4.01. The van der Waals surface area contributed by atoms with E-state index in [9.17, 15) is 9.18 Å². The molecule has 27 heavy (non-hydrogen) atoms. The van der Waals surface area contributed by atoms with Crippen LogP contribution < -0.4 is 10.4 Å². The third-order valence-corrected chi connectivity index (χ3v) is 4.99. The minimum Gasteiger partial charge on any atom is -0.356 e. The summed E-state index contributed by atoms with van der Waals surface area (Å²) in [5, 5.41) is 1.52. The Morgan fingerprint density at radius 3 is 2.78 bits per heavy atom. The van der Waals surface area contributed by atoms with E-state index < -0.39 is 17.7 Å². The van der Waals surface area contributed by atoms with E-state index in [0.29, 0.717) is 17.8 Å². The SMILES string of the molecule is CO[C@@H]1CC=C2NN(c3cc(F)cc(Cl)c3)C(=O)C[C@]2(c2ccccc2)O1. The molecule has 2 heterocycles. The van der Waals surface area contributed by atoms with Crippen molar-refractivity contribution < 1.29 is 18.7 Å². The molecule has 0 saturated carbocycles. The van der Waals surface area contributed by atoms with Gasteiger partial charge in [-0.1, -0.05) is 48.0 Å². The molecule has 0 radical (unpaired) electrons. The molecular weight excluding hydrogens is 371 g/mol. The third kappa shape index (κ3) is 3.20. The normalized spacial score (nSPS) is 24.9. The number of nitrogens with zero attached hydrogens (tertiary/aromatic N) is 1. The Morgan fingerprint density at radius 2 is 2.07 bits per heavy atom. The summed E-state index contributed by atoms with van der Waals surface area (Å²) in [4.78, 5) is 13.0. The fraction of sp³-hybridized carbons (Fsp3) is 0.250. The van der Waals surface area contributed by atoms with Crippen molar-refractivity contribution in [3.05, 3.63) is 76.7 Å². The summed E-state index contributed by atoms with van der Waals surface area (Å²) >= 11 is 5.95. The summed E-state index contributed by atoms with van der Waals surface area (Å²) in [6, 6.07) is 13.5. The van der Waals surface area contributed by atoms with E-state index in [0.717, 1.165) is 5.56 Å². The van der Waals surface area contributed by atoms with Gasteiger partial charge in [-0.05, 0) is 23.8 Å². The monoisotopic (exact) mass is 388 g/mol. The number of ether oxygens (including phenoxy) is 2. The molecule has 0 aromatic heterocycles. The first-order valence-electron chi connectivity index (χ1n) is 8.54. The van der Waals surface area contributed by atoms with Crippen molar-refractivity contribution in [2.45, 2.75) is 24.7 Å². The number of hydrazine groups is 1. The van der Waals surface area contributed by atoms with E-state index >= 15 is 0 Å². The molecule has 2 aromatic carbocycles. The number of nitrogens with one attached hydrogen (secondary N) is 1. The fourth-order valence-corrected chi connectivity index (χ4v) is 3.73. The fourth-order valence-electron chi connectivity index (χ4n) is 3.52. The highest BCUT2D eigenvalue weighted by Gasteiger charge is 2.49. The molecule has 2 aliphatic rings. The van der Waals surface area contributed by atoms with Gasteiger partial charge in [0.1, 0.15) is 11.4 Å². The first kappa shape index (κ1) is 18.0. The second-order valence-corrected chi connectivity index (χ2v) is 6.91.